The summed E-state index contributed by atoms with van der Waals surface area (Å²) >= 11 is 0. The van der Waals surface area contributed by atoms with Crippen LogP contribution < -0.4 is 5.32 Å². The fourth-order valence-electron chi connectivity index (χ4n) is 3.37. The van der Waals surface area contributed by atoms with Crippen LogP contribution >= 0.6 is 0 Å². The van der Waals surface area contributed by atoms with Crippen LogP contribution in [0.1, 0.15) is 32.9 Å². The molecule has 0 aliphatic rings. The minimum Gasteiger partial charge on any atom is -0.348 e. The first kappa shape index (κ1) is 18.6. The number of carbonyl (C=O) groups is 1. The highest BCUT2D eigenvalue weighted by molar-refractivity contribution is 5.95. The van der Waals surface area contributed by atoms with Crippen LogP contribution in [0.25, 0.3) is 5.82 Å². The van der Waals surface area contributed by atoms with Crippen molar-refractivity contribution in [1.82, 2.24) is 29.6 Å². The largest absolute Gasteiger partial charge is 0.348 e. The van der Waals surface area contributed by atoms with Crippen LogP contribution in [-0.4, -0.2) is 30.2 Å². The quantitative estimate of drug-likeness (QED) is 0.552. The van der Waals surface area contributed by atoms with Gasteiger partial charge in [0.05, 0.1) is 12.1 Å². The maximum Gasteiger partial charge on any atom is 0.253 e. The fraction of sp³-hybridized carbons (Fsp3) is 0.182. The van der Waals surface area contributed by atoms with Gasteiger partial charge in [-0.15, -0.1) is 0 Å². The molecule has 0 fully saturated rings. The van der Waals surface area contributed by atoms with Gasteiger partial charge in [-0.2, -0.15) is 5.10 Å². The van der Waals surface area contributed by atoms with Crippen molar-refractivity contribution in [2.24, 2.45) is 0 Å². The Bertz CT molecular complexity index is 1100. The Balaban J connectivity index is 1.42. The second kappa shape index (κ2) is 8.10. The third kappa shape index (κ3) is 4.08. The van der Waals surface area contributed by atoms with E-state index < -0.39 is 0 Å². The highest BCUT2D eigenvalue weighted by Crippen LogP contribution is 2.19. The zero-order chi connectivity index (χ0) is 20.2. The Morgan fingerprint density at radius 3 is 2.55 bits per heavy atom. The van der Waals surface area contributed by atoms with Crippen molar-refractivity contribution in [3.05, 3.63) is 95.5 Å². The molecule has 0 aliphatic heterocycles. The van der Waals surface area contributed by atoms with E-state index in [-0.39, 0.29) is 5.91 Å². The first-order valence-electron chi connectivity index (χ1n) is 9.40. The predicted octanol–water partition coefficient (Wildman–Crippen LogP) is 3.06. The summed E-state index contributed by atoms with van der Waals surface area (Å²) in [6.07, 6.45) is 4.96. The number of carbonyl (C=O) groups excluding carboxylic acids is 1. The van der Waals surface area contributed by atoms with Crippen molar-refractivity contribution in [3.63, 3.8) is 0 Å². The number of benzene rings is 1. The van der Waals surface area contributed by atoms with E-state index >= 15 is 0 Å². The van der Waals surface area contributed by atoms with Crippen LogP contribution in [0, 0.1) is 13.8 Å². The predicted molar refractivity (Wildman–Crippen MR) is 110 cm³/mol. The van der Waals surface area contributed by atoms with E-state index in [9.17, 15) is 4.79 Å². The number of rotatable bonds is 6. The van der Waals surface area contributed by atoms with Crippen LogP contribution in [0.5, 0.6) is 0 Å². The first-order chi connectivity index (χ1) is 14.1. The maximum atomic E-state index is 12.8. The van der Waals surface area contributed by atoms with Crippen molar-refractivity contribution in [2.75, 3.05) is 0 Å². The summed E-state index contributed by atoms with van der Waals surface area (Å²) < 4.78 is 3.77. The summed E-state index contributed by atoms with van der Waals surface area (Å²) in [4.78, 5) is 21.1. The van der Waals surface area contributed by atoms with Gasteiger partial charge >= 0.3 is 0 Å². The number of hydrogen-bond donors (Lipinski definition) is 1. The Morgan fingerprint density at radius 1 is 1.07 bits per heavy atom. The lowest BCUT2D eigenvalue weighted by molar-refractivity contribution is 0.0950. The monoisotopic (exact) mass is 386 g/mol. The molecule has 29 heavy (non-hydrogen) atoms. The molecule has 0 saturated heterocycles. The molecule has 0 bridgehead atoms. The molecular weight excluding hydrogens is 364 g/mol. The number of aromatic nitrogens is 5. The van der Waals surface area contributed by atoms with Crippen molar-refractivity contribution >= 4 is 5.91 Å². The third-order valence-corrected chi connectivity index (χ3v) is 4.84. The molecule has 0 spiro atoms. The molecule has 0 aliphatic carbocycles. The number of nitrogens with one attached hydrogen (secondary N) is 1. The topological polar surface area (TPSA) is 77.6 Å². The molecule has 3 aromatic heterocycles. The molecule has 1 N–H and O–H groups in total. The van der Waals surface area contributed by atoms with Gasteiger partial charge in [0.2, 0.25) is 0 Å². The SMILES string of the molecule is Cc1cc(C(=O)NCc2ccc(Cn3cncn3)cc2)c(C)n1-c1ccccn1. The Hall–Kier alpha value is -3.74. The van der Waals surface area contributed by atoms with Crippen LogP contribution in [0.3, 0.4) is 0 Å². The van der Waals surface area contributed by atoms with Gasteiger partial charge in [0, 0.05) is 24.1 Å². The van der Waals surface area contributed by atoms with Crippen LogP contribution in [0.2, 0.25) is 0 Å². The van der Waals surface area contributed by atoms with Gasteiger partial charge < -0.3 is 9.88 Å². The summed E-state index contributed by atoms with van der Waals surface area (Å²) in [5, 5.41) is 7.12. The molecule has 0 saturated carbocycles. The van der Waals surface area contributed by atoms with Gasteiger partial charge in [-0.05, 0) is 43.2 Å². The van der Waals surface area contributed by atoms with Crippen molar-refractivity contribution in [3.8, 4) is 5.82 Å². The molecular formula is C22H22N6O. The lowest BCUT2D eigenvalue weighted by Gasteiger charge is -2.09. The summed E-state index contributed by atoms with van der Waals surface area (Å²) in [6, 6.07) is 15.8. The zero-order valence-corrected chi connectivity index (χ0v) is 16.4. The van der Waals surface area contributed by atoms with Crippen LogP contribution in [-0.2, 0) is 13.1 Å². The summed E-state index contributed by atoms with van der Waals surface area (Å²) in [6.45, 7) is 5.06. The average molecular weight is 386 g/mol. The fourth-order valence-corrected chi connectivity index (χ4v) is 3.37. The molecule has 0 unspecified atom stereocenters. The van der Waals surface area contributed by atoms with Crippen LogP contribution in [0.4, 0.5) is 0 Å². The van der Waals surface area contributed by atoms with E-state index in [1.165, 1.54) is 6.33 Å². The van der Waals surface area contributed by atoms with E-state index in [1.807, 2.05) is 66.9 Å². The van der Waals surface area contributed by atoms with Crippen molar-refractivity contribution < 1.29 is 4.79 Å². The zero-order valence-electron chi connectivity index (χ0n) is 16.4. The van der Waals surface area contributed by atoms with Crippen molar-refractivity contribution in [1.29, 1.82) is 0 Å². The molecule has 4 aromatic rings. The molecule has 1 aromatic carbocycles. The first-order valence-corrected chi connectivity index (χ1v) is 9.40. The molecule has 146 valence electrons. The summed E-state index contributed by atoms with van der Waals surface area (Å²) in [5.41, 5.74) is 4.69. The van der Waals surface area contributed by atoms with E-state index in [1.54, 1.807) is 17.2 Å². The Kier molecular flexibility index (Phi) is 5.20. The van der Waals surface area contributed by atoms with Gasteiger partial charge in [-0.1, -0.05) is 30.3 Å². The maximum absolute atomic E-state index is 12.8. The van der Waals surface area contributed by atoms with E-state index in [0.29, 0.717) is 18.7 Å². The Morgan fingerprint density at radius 2 is 1.86 bits per heavy atom. The summed E-state index contributed by atoms with van der Waals surface area (Å²) in [7, 11) is 0. The molecule has 3 heterocycles. The lowest BCUT2D eigenvalue weighted by Crippen LogP contribution is -2.23. The Labute approximate surface area is 169 Å². The number of hydrogen-bond acceptors (Lipinski definition) is 4. The lowest BCUT2D eigenvalue weighted by atomic mass is 10.1. The minimum absolute atomic E-state index is 0.0908. The van der Waals surface area contributed by atoms with Crippen LogP contribution in [0.15, 0.2) is 67.4 Å². The number of nitrogens with zero attached hydrogens (tertiary/aromatic N) is 5. The number of pyridine rings is 1. The molecule has 1 amide bonds. The van der Waals surface area contributed by atoms with Gasteiger partial charge in [0.1, 0.15) is 18.5 Å². The second-order valence-electron chi connectivity index (χ2n) is 6.90. The van der Waals surface area contributed by atoms with Gasteiger partial charge in [-0.3, -0.25) is 4.79 Å². The molecule has 4 rings (SSSR count). The smallest absolute Gasteiger partial charge is 0.253 e. The molecule has 0 radical (unpaired) electrons. The highest BCUT2D eigenvalue weighted by Gasteiger charge is 2.16. The van der Waals surface area contributed by atoms with E-state index in [4.69, 9.17) is 0 Å². The van der Waals surface area contributed by atoms with Gasteiger partial charge in [0.25, 0.3) is 5.91 Å². The molecule has 7 nitrogen and oxygen atoms in total. The molecule has 0 atom stereocenters. The van der Waals surface area contributed by atoms with E-state index in [0.717, 1.165) is 28.3 Å². The number of aryl methyl sites for hydroxylation is 1. The standard InChI is InChI=1S/C22H22N6O/c1-16-11-20(17(2)28(16)21-5-3-4-10-24-21)22(29)25-12-18-6-8-19(9-7-18)13-27-15-23-14-26-27/h3-11,14-15H,12-13H2,1-2H3,(H,25,29). The van der Waals surface area contributed by atoms with Gasteiger partial charge in [0.15, 0.2) is 0 Å². The summed E-state index contributed by atoms with van der Waals surface area (Å²) in [5.74, 6) is 0.719. The minimum atomic E-state index is -0.0908. The van der Waals surface area contributed by atoms with Crippen molar-refractivity contribution in [2.45, 2.75) is 26.9 Å². The highest BCUT2D eigenvalue weighted by atomic mass is 16.1. The average Bonchev–Trinajstić information content (AvgIpc) is 3.35. The molecule has 7 heteroatoms. The third-order valence-electron chi connectivity index (χ3n) is 4.84. The van der Waals surface area contributed by atoms with E-state index in [2.05, 4.69) is 20.4 Å². The number of amides is 1. The normalized spacial score (nSPS) is 10.8. The second-order valence-corrected chi connectivity index (χ2v) is 6.90. The van der Waals surface area contributed by atoms with Gasteiger partial charge in [-0.25, -0.2) is 14.6 Å².